The van der Waals surface area contributed by atoms with Crippen LogP contribution in [-0.2, 0) is 23.1 Å². The molecule has 0 radical (unpaired) electrons. The zero-order valence-corrected chi connectivity index (χ0v) is 12.9. The minimum absolute atomic E-state index is 0.00131. The first-order valence-electron chi connectivity index (χ1n) is 6.92. The van der Waals surface area contributed by atoms with Gasteiger partial charge in [0.15, 0.2) is 10.8 Å². The van der Waals surface area contributed by atoms with E-state index < -0.39 is 5.97 Å². The third-order valence-corrected chi connectivity index (χ3v) is 4.55. The fourth-order valence-corrected chi connectivity index (χ4v) is 3.43. The van der Waals surface area contributed by atoms with Gasteiger partial charge in [0.05, 0.1) is 24.1 Å². The maximum Gasteiger partial charge on any atom is 0.313 e. The number of aliphatic carboxylic acids is 1. The highest BCUT2D eigenvalue weighted by atomic mass is 32.2. The quantitative estimate of drug-likeness (QED) is 0.841. The van der Waals surface area contributed by atoms with Crippen molar-refractivity contribution in [3.8, 4) is 0 Å². The number of carboxylic acid groups (broad SMARTS) is 1. The molecule has 8 heteroatoms. The van der Waals surface area contributed by atoms with E-state index in [0.717, 1.165) is 41.5 Å². The summed E-state index contributed by atoms with van der Waals surface area (Å²) in [5.74, 6) is -0.841. The summed E-state index contributed by atoms with van der Waals surface area (Å²) in [4.78, 5) is 15.4. The van der Waals surface area contributed by atoms with Crippen molar-refractivity contribution in [1.82, 2.24) is 19.3 Å². The summed E-state index contributed by atoms with van der Waals surface area (Å²) in [6, 6.07) is 0. The summed E-state index contributed by atoms with van der Waals surface area (Å²) in [5, 5.41) is 14.0. The Balaban J connectivity index is 1.98. The Labute approximate surface area is 126 Å². The number of nitrogens with zero attached hydrogens (tertiary/aromatic N) is 4. The van der Waals surface area contributed by atoms with Crippen molar-refractivity contribution in [3.63, 3.8) is 0 Å². The van der Waals surface area contributed by atoms with E-state index in [9.17, 15) is 4.79 Å². The monoisotopic (exact) mass is 310 g/mol. The topological polar surface area (TPSA) is 82.2 Å². The zero-order valence-electron chi connectivity index (χ0n) is 12.1. The van der Waals surface area contributed by atoms with Gasteiger partial charge in [-0.3, -0.25) is 9.48 Å². The number of thioether (sulfide) groups is 1. The van der Waals surface area contributed by atoms with Crippen molar-refractivity contribution in [1.29, 1.82) is 0 Å². The maximum atomic E-state index is 10.8. The van der Waals surface area contributed by atoms with E-state index in [1.807, 2.05) is 18.5 Å². The summed E-state index contributed by atoms with van der Waals surface area (Å²) in [6.45, 7) is 3.40. The molecule has 2 aromatic rings. The Hall–Kier alpha value is -1.54. The second-order valence-electron chi connectivity index (χ2n) is 5.20. The van der Waals surface area contributed by atoms with Gasteiger partial charge in [-0.05, 0) is 19.8 Å². The van der Waals surface area contributed by atoms with Crippen molar-refractivity contribution in [3.05, 3.63) is 5.69 Å². The molecule has 1 fully saturated rings. The lowest BCUT2D eigenvalue weighted by atomic mass is 10.2. The first-order valence-corrected chi connectivity index (χ1v) is 7.91. The number of fused-ring (bicyclic) bond motifs is 1. The van der Waals surface area contributed by atoms with Gasteiger partial charge < -0.3 is 14.4 Å². The molecule has 3 heterocycles. The molecule has 0 saturated carbocycles. The fourth-order valence-electron chi connectivity index (χ4n) is 2.71. The summed E-state index contributed by atoms with van der Waals surface area (Å²) in [5.41, 5.74) is 2.62. The minimum Gasteiger partial charge on any atom is -0.481 e. The lowest BCUT2D eigenvalue weighted by Gasteiger charge is -2.13. The summed E-state index contributed by atoms with van der Waals surface area (Å²) in [7, 11) is 1.88. The van der Waals surface area contributed by atoms with Gasteiger partial charge in [0.25, 0.3) is 0 Å². The van der Waals surface area contributed by atoms with Crippen LogP contribution in [0.1, 0.15) is 18.5 Å². The van der Waals surface area contributed by atoms with Crippen molar-refractivity contribution in [2.24, 2.45) is 7.05 Å². The molecule has 1 saturated heterocycles. The normalized spacial score (nSPS) is 18.7. The molecule has 0 aromatic carbocycles. The molecule has 7 nitrogen and oxygen atoms in total. The number of rotatable bonds is 5. The Bertz CT molecular complexity index is 673. The molecule has 1 aliphatic rings. The molecule has 1 unspecified atom stereocenters. The van der Waals surface area contributed by atoms with Gasteiger partial charge in [0.2, 0.25) is 0 Å². The smallest absolute Gasteiger partial charge is 0.313 e. The standard InChI is InChI=1S/C13H18N4O3S/c1-8-11-12(16(2)15-8)17(6-9-4-3-5-20-9)13(14-11)21-7-10(18)19/h9H,3-7H2,1-2H3,(H,18,19). The van der Waals surface area contributed by atoms with Gasteiger partial charge in [-0.15, -0.1) is 0 Å². The average molecular weight is 310 g/mol. The van der Waals surface area contributed by atoms with Gasteiger partial charge in [0, 0.05) is 13.7 Å². The van der Waals surface area contributed by atoms with Crippen molar-refractivity contribution >= 4 is 28.9 Å². The van der Waals surface area contributed by atoms with Gasteiger partial charge in [-0.1, -0.05) is 11.8 Å². The van der Waals surface area contributed by atoms with E-state index in [1.165, 1.54) is 11.8 Å². The molecule has 2 aromatic heterocycles. The van der Waals surface area contributed by atoms with Gasteiger partial charge in [-0.25, -0.2) is 4.98 Å². The molecule has 0 amide bonds. The lowest BCUT2D eigenvalue weighted by molar-refractivity contribution is -0.133. The summed E-state index contributed by atoms with van der Waals surface area (Å²) < 4.78 is 9.54. The van der Waals surface area contributed by atoms with E-state index in [2.05, 4.69) is 10.1 Å². The van der Waals surface area contributed by atoms with Crippen LogP contribution < -0.4 is 0 Å². The van der Waals surface area contributed by atoms with Crippen LogP contribution in [0, 0.1) is 6.92 Å². The second-order valence-corrected chi connectivity index (χ2v) is 6.15. The van der Waals surface area contributed by atoms with Gasteiger partial charge in [-0.2, -0.15) is 5.10 Å². The second kappa shape index (κ2) is 5.69. The number of aromatic nitrogens is 4. The molecule has 1 atom stereocenters. The maximum absolute atomic E-state index is 10.8. The fraction of sp³-hybridized carbons (Fsp3) is 0.615. The van der Waals surface area contributed by atoms with Crippen LogP contribution in [0.15, 0.2) is 5.16 Å². The predicted molar refractivity (Wildman–Crippen MR) is 78.6 cm³/mol. The third-order valence-electron chi connectivity index (χ3n) is 3.59. The van der Waals surface area contributed by atoms with Crippen molar-refractivity contribution < 1.29 is 14.6 Å². The first kappa shape index (κ1) is 14.4. The number of imidazole rings is 1. The highest BCUT2D eigenvalue weighted by molar-refractivity contribution is 7.99. The number of hydrogen-bond acceptors (Lipinski definition) is 5. The van der Waals surface area contributed by atoms with Crippen LogP contribution in [0.5, 0.6) is 0 Å². The zero-order chi connectivity index (χ0) is 15.0. The number of ether oxygens (including phenoxy) is 1. The summed E-state index contributed by atoms with van der Waals surface area (Å²) in [6.07, 6.45) is 2.27. The Morgan fingerprint density at radius 1 is 1.57 bits per heavy atom. The Morgan fingerprint density at radius 3 is 3.05 bits per heavy atom. The van der Waals surface area contributed by atoms with Crippen LogP contribution >= 0.6 is 11.8 Å². The summed E-state index contributed by atoms with van der Waals surface area (Å²) >= 11 is 1.24. The van der Waals surface area contributed by atoms with Crippen molar-refractivity contribution in [2.75, 3.05) is 12.4 Å². The number of carboxylic acids is 1. The Morgan fingerprint density at radius 2 is 2.38 bits per heavy atom. The molecule has 21 heavy (non-hydrogen) atoms. The van der Waals surface area contributed by atoms with E-state index in [0.29, 0.717) is 6.54 Å². The molecular formula is C13H18N4O3S. The molecule has 1 N–H and O–H groups in total. The third kappa shape index (κ3) is 2.77. The van der Waals surface area contributed by atoms with Crippen LogP contribution in [0.25, 0.3) is 11.2 Å². The Kier molecular flexibility index (Phi) is 3.90. The van der Waals surface area contributed by atoms with Crippen LogP contribution in [0.4, 0.5) is 0 Å². The lowest BCUT2D eigenvalue weighted by Crippen LogP contribution is -2.17. The van der Waals surface area contributed by atoms with Crippen molar-refractivity contribution in [2.45, 2.75) is 37.6 Å². The first-order chi connectivity index (χ1) is 10.1. The highest BCUT2D eigenvalue weighted by Crippen LogP contribution is 2.27. The predicted octanol–water partition coefficient (Wildman–Crippen LogP) is 1.43. The SMILES string of the molecule is Cc1nn(C)c2c1nc(SCC(=O)O)n2CC1CCCO1. The largest absolute Gasteiger partial charge is 0.481 e. The molecular weight excluding hydrogens is 292 g/mol. The molecule has 114 valence electrons. The minimum atomic E-state index is -0.842. The number of carbonyl (C=O) groups is 1. The average Bonchev–Trinajstić information content (AvgIpc) is 3.09. The highest BCUT2D eigenvalue weighted by Gasteiger charge is 2.23. The molecule has 3 rings (SSSR count). The van der Waals surface area contributed by atoms with Gasteiger partial charge in [0.1, 0.15) is 5.52 Å². The van der Waals surface area contributed by atoms with Crippen LogP contribution in [0.2, 0.25) is 0 Å². The number of aryl methyl sites for hydroxylation is 2. The molecule has 0 spiro atoms. The van der Waals surface area contributed by atoms with E-state index in [4.69, 9.17) is 9.84 Å². The van der Waals surface area contributed by atoms with Crippen LogP contribution in [0.3, 0.4) is 0 Å². The van der Waals surface area contributed by atoms with E-state index in [-0.39, 0.29) is 11.9 Å². The molecule has 0 aliphatic carbocycles. The molecule has 1 aliphatic heterocycles. The van der Waals surface area contributed by atoms with E-state index >= 15 is 0 Å². The van der Waals surface area contributed by atoms with E-state index in [1.54, 1.807) is 4.68 Å². The number of hydrogen-bond donors (Lipinski definition) is 1. The van der Waals surface area contributed by atoms with Crippen LogP contribution in [-0.4, -0.2) is 48.9 Å². The van der Waals surface area contributed by atoms with Gasteiger partial charge >= 0.3 is 5.97 Å². The molecule has 0 bridgehead atoms.